The van der Waals surface area contributed by atoms with Gasteiger partial charge in [-0.15, -0.1) is 0 Å². The van der Waals surface area contributed by atoms with Gasteiger partial charge in [-0.25, -0.2) is 4.98 Å². The van der Waals surface area contributed by atoms with Gasteiger partial charge in [-0.3, -0.25) is 9.59 Å². The highest BCUT2D eigenvalue weighted by atomic mass is 35.5. The SMILES string of the molecule is CN(C)C(=O)c1cccc(NC(=O)[C@H]2C[C@H]2c2ccc(Cl)cc2)n1. The molecule has 0 bridgehead atoms. The first-order valence-electron chi connectivity index (χ1n) is 7.71. The van der Waals surface area contributed by atoms with Crippen LogP contribution in [0.3, 0.4) is 0 Å². The molecule has 1 saturated carbocycles. The molecule has 0 spiro atoms. The van der Waals surface area contributed by atoms with E-state index in [-0.39, 0.29) is 23.7 Å². The molecule has 2 amide bonds. The second-order valence-electron chi connectivity index (χ2n) is 6.10. The fraction of sp³-hybridized carbons (Fsp3) is 0.278. The minimum absolute atomic E-state index is 0.0684. The number of hydrogen-bond acceptors (Lipinski definition) is 3. The minimum Gasteiger partial charge on any atom is -0.343 e. The molecule has 0 saturated heterocycles. The molecule has 5 nitrogen and oxygen atoms in total. The molecule has 124 valence electrons. The van der Waals surface area contributed by atoms with Crippen molar-refractivity contribution in [1.29, 1.82) is 0 Å². The maximum Gasteiger partial charge on any atom is 0.272 e. The zero-order chi connectivity index (χ0) is 17.3. The van der Waals surface area contributed by atoms with Crippen LogP contribution in [-0.2, 0) is 4.79 Å². The molecule has 24 heavy (non-hydrogen) atoms. The van der Waals surface area contributed by atoms with Gasteiger partial charge >= 0.3 is 0 Å². The Labute approximate surface area is 145 Å². The molecule has 0 unspecified atom stereocenters. The lowest BCUT2D eigenvalue weighted by Crippen LogP contribution is -2.23. The van der Waals surface area contributed by atoms with E-state index in [9.17, 15) is 9.59 Å². The largest absolute Gasteiger partial charge is 0.343 e. The fourth-order valence-electron chi connectivity index (χ4n) is 2.63. The van der Waals surface area contributed by atoms with Gasteiger partial charge in [0.1, 0.15) is 11.5 Å². The summed E-state index contributed by atoms with van der Waals surface area (Å²) in [6.45, 7) is 0. The van der Waals surface area contributed by atoms with Crippen LogP contribution in [0.25, 0.3) is 0 Å². The quantitative estimate of drug-likeness (QED) is 0.927. The van der Waals surface area contributed by atoms with Crippen LogP contribution in [0.1, 0.15) is 28.4 Å². The lowest BCUT2D eigenvalue weighted by atomic mass is 10.1. The first kappa shape index (κ1) is 16.5. The number of rotatable bonds is 4. The number of amides is 2. The molecule has 1 aliphatic rings. The van der Waals surface area contributed by atoms with Gasteiger partial charge in [0, 0.05) is 25.0 Å². The van der Waals surface area contributed by atoms with Crippen LogP contribution in [0.5, 0.6) is 0 Å². The summed E-state index contributed by atoms with van der Waals surface area (Å²) in [6.07, 6.45) is 0.809. The van der Waals surface area contributed by atoms with Crippen LogP contribution in [0, 0.1) is 5.92 Å². The van der Waals surface area contributed by atoms with Crippen molar-refractivity contribution in [2.75, 3.05) is 19.4 Å². The van der Waals surface area contributed by atoms with E-state index >= 15 is 0 Å². The molecule has 1 heterocycles. The molecular formula is C18H18ClN3O2. The number of hydrogen-bond donors (Lipinski definition) is 1. The Hall–Kier alpha value is -2.40. The lowest BCUT2D eigenvalue weighted by molar-refractivity contribution is -0.117. The number of pyridine rings is 1. The predicted molar refractivity (Wildman–Crippen MR) is 93.2 cm³/mol. The summed E-state index contributed by atoms with van der Waals surface area (Å²) in [6, 6.07) is 12.6. The monoisotopic (exact) mass is 343 g/mol. The first-order valence-corrected chi connectivity index (χ1v) is 8.08. The third-order valence-corrected chi connectivity index (χ3v) is 4.30. The van der Waals surface area contributed by atoms with Gasteiger partial charge in [0.25, 0.3) is 5.91 Å². The highest BCUT2D eigenvalue weighted by Crippen LogP contribution is 2.48. The number of carbonyl (C=O) groups excluding carboxylic acids is 2. The summed E-state index contributed by atoms with van der Waals surface area (Å²) < 4.78 is 0. The maximum atomic E-state index is 12.4. The van der Waals surface area contributed by atoms with Crippen LogP contribution in [0.2, 0.25) is 5.02 Å². The van der Waals surface area contributed by atoms with Crippen molar-refractivity contribution in [3.8, 4) is 0 Å². The molecule has 2 aromatic rings. The van der Waals surface area contributed by atoms with E-state index in [0.29, 0.717) is 16.5 Å². The molecule has 1 N–H and O–H groups in total. The van der Waals surface area contributed by atoms with E-state index in [1.165, 1.54) is 4.90 Å². The number of nitrogens with zero attached hydrogens (tertiary/aromatic N) is 2. The van der Waals surface area contributed by atoms with Crippen LogP contribution in [0.4, 0.5) is 5.82 Å². The molecule has 0 aliphatic heterocycles. The lowest BCUT2D eigenvalue weighted by Gasteiger charge is -2.10. The molecular weight excluding hydrogens is 326 g/mol. The van der Waals surface area contributed by atoms with Gasteiger partial charge in [-0.05, 0) is 42.2 Å². The second kappa shape index (κ2) is 6.61. The minimum atomic E-state index is -0.198. The van der Waals surface area contributed by atoms with Gasteiger partial charge in [-0.1, -0.05) is 29.8 Å². The highest BCUT2D eigenvalue weighted by Gasteiger charge is 2.44. The number of benzene rings is 1. The Balaban J connectivity index is 1.65. The van der Waals surface area contributed by atoms with Crippen molar-refractivity contribution in [3.05, 3.63) is 58.7 Å². The average Bonchev–Trinajstić information content (AvgIpc) is 3.35. The number of carbonyl (C=O) groups is 2. The van der Waals surface area contributed by atoms with Crippen molar-refractivity contribution in [2.24, 2.45) is 5.92 Å². The van der Waals surface area contributed by atoms with Gasteiger partial charge in [0.15, 0.2) is 0 Å². The standard InChI is InChI=1S/C18H18ClN3O2/c1-22(2)18(24)15-4-3-5-16(20-15)21-17(23)14-10-13(14)11-6-8-12(19)9-7-11/h3-9,13-14H,10H2,1-2H3,(H,20,21,23)/t13-,14-/m0/s1. The summed E-state index contributed by atoms with van der Waals surface area (Å²) in [7, 11) is 3.33. The van der Waals surface area contributed by atoms with E-state index in [0.717, 1.165) is 12.0 Å². The summed E-state index contributed by atoms with van der Waals surface area (Å²) >= 11 is 5.89. The number of aromatic nitrogens is 1. The normalized spacial score (nSPS) is 18.8. The maximum absolute atomic E-state index is 12.4. The highest BCUT2D eigenvalue weighted by molar-refractivity contribution is 6.30. The van der Waals surface area contributed by atoms with Crippen molar-refractivity contribution in [1.82, 2.24) is 9.88 Å². The Morgan fingerprint density at radius 1 is 1.17 bits per heavy atom. The van der Waals surface area contributed by atoms with Crippen molar-refractivity contribution < 1.29 is 9.59 Å². The predicted octanol–water partition coefficient (Wildman–Crippen LogP) is 3.18. The summed E-state index contributed by atoms with van der Waals surface area (Å²) in [4.78, 5) is 30.0. The van der Waals surface area contributed by atoms with E-state index in [4.69, 9.17) is 11.6 Å². The third-order valence-electron chi connectivity index (χ3n) is 4.05. The molecule has 6 heteroatoms. The van der Waals surface area contributed by atoms with Crippen LogP contribution >= 0.6 is 11.6 Å². The second-order valence-corrected chi connectivity index (χ2v) is 6.53. The molecule has 1 aromatic carbocycles. The van der Waals surface area contributed by atoms with Crippen molar-refractivity contribution >= 4 is 29.2 Å². The van der Waals surface area contributed by atoms with E-state index in [1.54, 1.807) is 32.3 Å². The Morgan fingerprint density at radius 3 is 2.54 bits per heavy atom. The topological polar surface area (TPSA) is 62.3 Å². The van der Waals surface area contributed by atoms with Crippen LogP contribution < -0.4 is 5.32 Å². The zero-order valence-corrected chi connectivity index (χ0v) is 14.2. The Bertz CT molecular complexity index is 774. The zero-order valence-electron chi connectivity index (χ0n) is 13.5. The average molecular weight is 344 g/mol. The van der Waals surface area contributed by atoms with E-state index in [2.05, 4.69) is 10.3 Å². The van der Waals surface area contributed by atoms with Gasteiger partial charge < -0.3 is 10.2 Å². The van der Waals surface area contributed by atoms with Gasteiger partial charge in [-0.2, -0.15) is 0 Å². The van der Waals surface area contributed by atoms with E-state index < -0.39 is 0 Å². The molecule has 0 radical (unpaired) electrons. The Kier molecular flexibility index (Phi) is 4.53. The molecule has 1 aromatic heterocycles. The smallest absolute Gasteiger partial charge is 0.272 e. The summed E-state index contributed by atoms with van der Waals surface area (Å²) in [5.74, 6) is 0.276. The molecule has 2 atom stereocenters. The Morgan fingerprint density at radius 2 is 1.88 bits per heavy atom. The summed E-state index contributed by atoms with van der Waals surface area (Å²) in [5.41, 5.74) is 1.42. The first-order chi connectivity index (χ1) is 11.5. The van der Waals surface area contributed by atoms with Crippen LogP contribution in [0.15, 0.2) is 42.5 Å². The molecule has 1 fully saturated rings. The van der Waals surface area contributed by atoms with Gasteiger partial charge in [0.05, 0.1) is 0 Å². The van der Waals surface area contributed by atoms with Crippen molar-refractivity contribution in [3.63, 3.8) is 0 Å². The van der Waals surface area contributed by atoms with Crippen LogP contribution in [-0.4, -0.2) is 35.8 Å². The van der Waals surface area contributed by atoms with Gasteiger partial charge in [0.2, 0.25) is 5.91 Å². The third kappa shape index (κ3) is 3.57. The van der Waals surface area contributed by atoms with Crippen molar-refractivity contribution in [2.45, 2.75) is 12.3 Å². The number of halogens is 1. The number of nitrogens with one attached hydrogen (secondary N) is 1. The fourth-order valence-corrected chi connectivity index (χ4v) is 2.76. The molecule has 3 rings (SSSR count). The number of anilines is 1. The molecule has 1 aliphatic carbocycles. The summed E-state index contributed by atoms with van der Waals surface area (Å²) in [5, 5.41) is 3.49. The van der Waals surface area contributed by atoms with E-state index in [1.807, 2.05) is 24.3 Å².